The number of nitrogens with zero attached hydrogens (tertiary/aromatic N) is 2. The number of rotatable bonds is 4. The minimum atomic E-state index is -0.0460. The number of carbonyl (C=O) groups is 1. The smallest absolute Gasteiger partial charge is 0.211 e. The van der Waals surface area contributed by atoms with Gasteiger partial charge in [0.05, 0.1) is 12.5 Å². The van der Waals surface area contributed by atoms with Crippen LogP contribution in [-0.4, -0.2) is 15.3 Å². The summed E-state index contributed by atoms with van der Waals surface area (Å²) in [4.78, 5) is 16.5. The maximum atomic E-state index is 12.4. The third kappa shape index (κ3) is 2.46. The van der Waals surface area contributed by atoms with Crippen LogP contribution in [0, 0.1) is 0 Å². The molecule has 0 N–H and O–H groups in total. The van der Waals surface area contributed by atoms with E-state index in [1.165, 1.54) is 0 Å². The van der Waals surface area contributed by atoms with Crippen LogP contribution in [0.5, 0.6) is 0 Å². The molecular formula is C14H15ClN2O. The molecule has 1 atom stereocenters. The molecule has 1 heterocycles. The van der Waals surface area contributed by atoms with Crippen LogP contribution in [0.25, 0.3) is 0 Å². The van der Waals surface area contributed by atoms with Crippen LogP contribution in [0.1, 0.15) is 42.4 Å². The number of benzene rings is 1. The van der Waals surface area contributed by atoms with Gasteiger partial charge in [0.1, 0.15) is 5.69 Å². The summed E-state index contributed by atoms with van der Waals surface area (Å²) in [5, 5.41) is 0.565. The molecule has 0 aliphatic carbocycles. The van der Waals surface area contributed by atoms with E-state index in [0.717, 1.165) is 6.42 Å². The van der Waals surface area contributed by atoms with Gasteiger partial charge in [0.15, 0.2) is 0 Å². The van der Waals surface area contributed by atoms with Crippen LogP contribution < -0.4 is 0 Å². The normalized spacial score (nSPS) is 12.4. The summed E-state index contributed by atoms with van der Waals surface area (Å²) >= 11 is 5.91. The van der Waals surface area contributed by atoms with Crippen molar-refractivity contribution in [1.82, 2.24) is 9.55 Å². The Kier molecular flexibility index (Phi) is 3.82. The van der Waals surface area contributed by atoms with Gasteiger partial charge in [0.25, 0.3) is 0 Å². The summed E-state index contributed by atoms with van der Waals surface area (Å²) in [5.41, 5.74) is 1.19. The minimum Gasteiger partial charge on any atom is -0.325 e. The quantitative estimate of drug-likeness (QED) is 0.787. The van der Waals surface area contributed by atoms with Crippen molar-refractivity contribution in [3.05, 3.63) is 53.1 Å². The Hall–Kier alpha value is -1.61. The molecule has 0 saturated carbocycles. The van der Waals surface area contributed by atoms with Crippen LogP contribution in [0.2, 0.25) is 5.02 Å². The van der Waals surface area contributed by atoms with Crippen molar-refractivity contribution in [2.24, 2.45) is 0 Å². The van der Waals surface area contributed by atoms with Crippen molar-refractivity contribution in [2.45, 2.75) is 26.3 Å². The Bertz CT molecular complexity index is 562. The van der Waals surface area contributed by atoms with E-state index >= 15 is 0 Å². The topological polar surface area (TPSA) is 34.9 Å². The number of hydrogen-bond donors (Lipinski definition) is 0. The Morgan fingerprint density at radius 1 is 1.50 bits per heavy atom. The molecule has 94 valence electrons. The second-order valence-electron chi connectivity index (χ2n) is 4.28. The maximum absolute atomic E-state index is 12.4. The zero-order valence-electron chi connectivity index (χ0n) is 10.4. The lowest BCUT2D eigenvalue weighted by atomic mass is 10.1. The van der Waals surface area contributed by atoms with Gasteiger partial charge in [-0.05, 0) is 25.5 Å². The average molecular weight is 263 g/mol. The summed E-state index contributed by atoms with van der Waals surface area (Å²) in [7, 11) is 0. The fraction of sp³-hybridized carbons (Fsp3) is 0.286. The van der Waals surface area contributed by atoms with E-state index < -0.39 is 0 Å². The van der Waals surface area contributed by atoms with Crippen LogP contribution in [-0.2, 0) is 0 Å². The Balaban J connectivity index is 2.38. The van der Waals surface area contributed by atoms with E-state index in [9.17, 15) is 4.79 Å². The molecule has 0 aliphatic heterocycles. The largest absolute Gasteiger partial charge is 0.325 e. The molecule has 0 bridgehead atoms. The van der Waals surface area contributed by atoms with Gasteiger partial charge >= 0.3 is 0 Å². The molecule has 0 spiro atoms. The first-order chi connectivity index (χ1) is 8.63. The zero-order valence-corrected chi connectivity index (χ0v) is 11.2. The van der Waals surface area contributed by atoms with Crippen molar-refractivity contribution in [2.75, 3.05) is 0 Å². The Labute approximate surface area is 111 Å². The first-order valence-electron chi connectivity index (χ1n) is 5.95. The highest BCUT2D eigenvalue weighted by Crippen LogP contribution is 2.18. The Morgan fingerprint density at radius 3 is 2.94 bits per heavy atom. The summed E-state index contributed by atoms with van der Waals surface area (Å²) in [6.45, 7) is 4.15. The van der Waals surface area contributed by atoms with Gasteiger partial charge in [-0.2, -0.15) is 0 Å². The van der Waals surface area contributed by atoms with Crippen LogP contribution >= 0.6 is 11.6 Å². The predicted molar refractivity (Wildman–Crippen MR) is 72.1 cm³/mol. The van der Waals surface area contributed by atoms with Gasteiger partial charge in [-0.3, -0.25) is 4.79 Å². The summed E-state index contributed by atoms with van der Waals surface area (Å²) in [5.74, 6) is -0.0460. The summed E-state index contributed by atoms with van der Waals surface area (Å²) in [6, 6.07) is 7.23. The molecule has 1 aromatic heterocycles. The lowest BCUT2D eigenvalue weighted by Crippen LogP contribution is -2.12. The second-order valence-corrected chi connectivity index (χ2v) is 4.72. The van der Waals surface area contributed by atoms with Crippen LogP contribution in [0.15, 0.2) is 36.8 Å². The molecule has 0 amide bonds. The molecular weight excluding hydrogens is 248 g/mol. The molecule has 2 aromatic rings. The van der Waals surface area contributed by atoms with Gasteiger partial charge in [0.2, 0.25) is 5.78 Å². The molecule has 1 unspecified atom stereocenters. The monoisotopic (exact) mass is 262 g/mol. The number of hydrogen-bond acceptors (Lipinski definition) is 2. The van der Waals surface area contributed by atoms with E-state index in [0.29, 0.717) is 16.3 Å². The molecule has 0 radical (unpaired) electrons. The van der Waals surface area contributed by atoms with Gasteiger partial charge < -0.3 is 4.57 Å². The van der Waals surface area contributed by atoms with Crippen molar-refractivity contribution in [3.8, 4) is 0 Å². The molecule has 4 heteroatoms. The van der Waals surface area contributed by atoms with Gasteiger partial charge in [0, 0.05) is 16.6 Å². The molecule has 0 saturated heterocycles. The first-order valence-corrected chi connectivity index (χ1v) is 6.33. The van der Waals surface area contributed by atoms with Gasteiger partial charge in [-0.1, -0.05) is 30.7 Å². The lowest BCUT2D eigenvalue weighted by molar-refractivity contribution is 0.102. The standard InChI is InChI=1S/C14H15ClN2O/c1-3-10(2)17-9-16-8-13(17)14(18)11-5-4-6-12(15)7-11/h4-10H,3H2,1-2H3. The third-order valence-corrected chi connectivity index (χ3v) is 3.29. The van der Waals surface area contributed by atoms with Gasteiger partial charge in [-0.15, -0.1) is 0 Å². The maximum Gasteiger partial charge on any atom is 0.211 e. The molecule has 0 fully saturated rings. The summed E-state index contributed by atoms with van der Waals surface area (Å²) in [6.07, 6.45) is 4.26. The number of aromatic nitrogens is 2. The van der Waals surface area contributed by atoms with E-state index in [1.54, 1.807) is 36.8 Å². The van der Waals surface area contributed by atoms with E-state index in [2.05, 4.69) is 18.8 Å². The SMILES string of the molecule is CCC(C)n1cncc1C(=O)c1cccc(Cl)c1. The van der Waals surface area contributed by atoms with Gasteiger partial charge in [-0.25, -0.2) is 4.98 Å². The number of halogens is 1. The van der Waals surface area contributed by atoms with Crippen molar-refractivity contribution in [1.29, 1.82) is 0 Å². The van der Waals surface area contributed by atoms with E-state index in [4.69, 9.17) is 11.6 Å². The van der Waals surface area contributed by atoms with Crippen molar-refractivity contribution < 1.29 is 4.79 Å². The van der Waals surface area contributed by atoms with E-state index in [-0.39, 0.29) is 11.8 Å². The fourth-order valence-electron chi connectivity index (χ4n) is 1.81. The molecule has 18 heavy (non-hydrogen) atoms. The second kappa shape index (κ2) is 5.36. The lowest BCUT2D eigenvalue weighted by Gasteiger charge is -2.13. The predicted octanol–water partition coefficient (Wildman–Crippen LogP) is 3.74. The molecule has 0 aliphatic rings. The van der Waals surface area contributed by atoms with Crippen molar-refractivity contribution >= 4 is 17.4 Å². The van der Waals surface area contributed by atoms with E-state index in [1.807, 2.05) is 4.57 Å². The molecule has 3 nitrogen and oxygen atoms in total. The highest BCUT2D eigenvalue weighted by Gasteiger charge is 2.16. The first kappa shape index (κ1) is 12.8. The summed E-state index contributed by atoms with van der Waals surface area (Å²) < 4.78 is 1.91. The zero-order chi connectivity index (χ0) is 13.1. The Morgan fingerprint density at radius 2 is 2.28 bits per heavy atom. The molecule has 1 aromatic carbocycles. The third-order valence-electron chi connectivity index (χ3n) is 3.05. The number of carbonyl (C=O) groups excluding carboxylic acids is 1. The minimum absolute atomic E-state index is 0.0460. The number of ketones is 1. The molecule has 2 rings (SSSR count). The fourth-order valence-corrected chi connectivity index (χ4v) is 2.00. The van der Waals surface area contributed by atoms with Crippen molar-refractivity contribution in [3.63, 3.8) is 0 Å². The highest BCUT2D eigenvalue weighted by atomic mass is 35.5. The highest BCUT2D eigenvalue weighted by molar-refractivity contribution is 6.31. The number of imidazole rings is 1. The van der Waals surface area contributed by atoms with Crippen LogP contribution in [0.3, 0.4) is 0 Å². The average Bonchev–Trinajstić information content (AvgIpc) is 2.86. The van der Waals surface area contributed by atoms with Crippen LogP contribution in [0.4, 0.5) is 0 Å².